The van der Waals surface area contributed by atoms with Gasteiger partial charge in [0.05, 0.1) is 25.9 Å². The summed E-state index contributed by atoms with van der Waals surface area (Å²) >= 11 is 0. The second kappa shape index (κ2) is 30.3. The number of methoxy groups -OCH3 is 1. The molecule has 1 amide bonds. The van der Waals surface area contributed by atoms with E-state index in [0.717, 1.165) is 7.11 Å². The van der Waals surface area contributed by atoms with Crippen LogP contribution >= 0.6 is 0 Å². The lowest BCUT2D eigenvalue weighted by Crippen LogP contribution is -2.71. The van der Waals surface area contributed by atoms with Crippen LogP contribution in [0.2, 0.25) is 0 Å². The Kier molecular flexibility index (Phi) is 26.1. The number of rotatable bonds is 31. The number of ether oxygens (including phenoxy) is 10. The molecule has 0 aliphatic carbocycles. The molecule has 5 rings (SSSR count). The molecular weight excluding hydrogens is 1410 g/mol. The average molecular weight is 1470 g/mol. The van der Waals surface area contributed by atoms with Crippen LogP contribution in [0.4, 0.5) is 0 Å². The van der Waals surface area contributed by atoms with Crippen molar-refractivity contribution in [2.45, 2.75) is 153 Å². The van der Waals surface area contributed by atoms with Crippen molar-refractivity contribution in [3.8, 4) is 0 Å². The van der Waals surface area contributed by atoms with Crippen molar-refractivity contribution in [3.63, 3.8) is 0 Å². The van der Waals surface area contributed by atoms with Crippen LogP contribution < -0.4 is 15.4 Å². The van der Waals surface area contributed by atoms with Gasteiger partial charge in [-0.3, -0.25) is 42.0 Å². The minimum Gasteiger partial charge on any atom is -0.479 e. The first-order chi connectivity index (χ1) is 41.0. The van der Waals surface area contributed by atoms with E-state index in [4.69, 9.17) is 51.9 Å². The topological polar surface area (TPSA) is 768 Å². The lowest BCUT2D eigenvalue weighted by molar-refractivity contribution is -0.373. The van der Waals surface area contributed by atoms with E-state index in [0.29, 0.717) is 0 Å². The highest BCUT2D eigenvalue weighted by atomic mass is 32.3. The third-order valence-corrected chi connectivity index (χ3v) is 16.0. The number of carboxylic acids is 2. The molecule has 0 spiro atoms. The maximum absolute atomic E-state index is 13.0. The van der Waals surface area contributed by atoms with E-state index >= 15 is 0 Å². The molecule has 0 aromatic rings. The van der Waals surface area contributed by atoms with Gasteiger partial charge in [-0.15, -0.1) is 0 Å². The quantitative estimate of drug-likeness (QED) is 0.0226. The van der Waals surface area contributed by atoms with Crippen LogP contribution in [-0.2, 0) is 155 Å². The third kappa shape index (κ3) is 22.0. The molecule has 25 atom stereocenters. The van der Waals surface area contributed by atoms with Gasteiger partial charge in [-0.2, -0.15) is 63.6 Å². The average Bonchev–Trinajstić information content (AvgIpc) is 0.777. The number of aliphatic hydroxyl groups is 6. The number of hydrogen-bond acceptors (Lipinski definition) is 39. The third-order valence-electron chi connectivity index (χ3n) is 12.6. The van der Waals surface area contributed by atoms with Crippen LogP contribution in [0.5, 0.6) is 0 Å². The van der Waals surface area contributed by atoms with E-state index < -0.39 is 270 Å². The zero-order chi connectivity index (χ0) is 68.4. The molecule has 5 fully saturated rings. The summed E-state index contributed by atoms with van der Waals surface area (Å²) in [4.78, 5) is 38.1. The number of amides is 1. The van der Waals surface area contributed by atoms with E-state index in [1.54, 1.807) is 5.32 Å². The predicted octanol–water partition coefficient (Wildman–Crippen LogP) is -13.4. The molecule has 50 nitrogen and oxygen atoms in total. The summed E-state index contributed by atoms with van der Waals surface area (Å²) in [7, 11) is -38.7. The SMILES string of the molecule is CO[C@H]1O[C@H](COS(=O)(=O)O)[C@@H](O[C@@H]2O[C@@H](C(=O)O)[C@@H](O[C@H]3O[C@H](COS(=O)(=O)O)[C@H](O[C@@H]4O[C@H](C(=O)O)[C@@H](O[C@H]5O[C@H](COS(=O)(=O)O)[C@@H](O)[C@H](O)[C@H]5NCS(=O)(=O)O)[C@H](O)[C@H]4O)[C@H](OS(=O)(=O)O)[C@H]3NC=O)[C@H](O)[C@H]2OS(=O)(=O)O)[C@H](O)[C@H]1NS(=O)(=O)O. The van der Waals surface area contributed by atoms with Crippen molar-refractivity contribution < 1.29 is 214 Å². The molecule has 18 N–H and O–H groups in total. The summed E-state index contributed by atoms with van der Waals surface area (Å²) in [5.41, 5.74) is 0. The summed E-state index contributed by atoms with van der Waals surface area (Å²) in [6.45, 7) is -4.79. The van der Waals surface area contributed by atoms with Crippen LogP contribution in [0.3, 0.4) is 0 Å². The first-order valence-corrected chi connectivity index (χ1v) is 33.7. The van der Waals surface area contributed by atoms with E-state index in [1.165, 1.54) is 4.72 Å². The summed E-state index contributed by atoms with van der Waals surface area (Å²) in [5, 5.41) is 91.9. The molecule has 0 radical (unpaired) electrons. The van der Waals surface area contributed by atoms with Gasteiger partial charge in [0.25, 0.3) is 10.1 Å². The molecule has 0 aromatic heterocycles. The van der Waals surface area contributed by atoms with Crippen molar-refractivity contribution in [2.75, 3.05) is 32.8 Å². The molecular formula is C33H55N3O47S7. The molecule has 526 valence electrons. The number of carbonyl (C=O) groups is 3. The van der Waals surface area contributed by atoms with Gasteiger partial charge in [0.2, 0.25) is 6.41 Å². The molecule has 5 aliphatic heterocycles. The monoisotopic (exact) mass is 1470 g/mol. The highest BCUT2D eigenvalue weighted by Gasteiger charge is 2.61. The Balaban J connectivity index is 1.56. The lowest BCUT2D eigenvalue weighted by atomic mass is 9.94. The van der Waals surface area contributed by atoms with Gasteiger partial charge in [0.1, 0.15) is 103 Å². The maximum atomic E-state index is 13.0. The zero-order valence-corrected chi connectivity index (χ0v) is 49.7. The standard InChI is InChI=1S/C33H55N3O47S7/c1-69-29-11(36-85(51,52)53)15(40)19(8(74-29)3-71-87(57,58)59)76-33-24(83-90(66,67)68)18(43)23(26(81-33)28(46)47)79-31-12(34-5-37)21(82-89(63,64)65)20(9(75-31)4-72-88(60,61)62)77-32-17(42)16(41)22(25(80-32)27(44)45)78-30-10(35-6-84(48,49)50)14(39)13(38)7(73-30)2-70-86(54,55)56/h5,7-26,29-33,35-36,38-43H,2-4,6H2,1H3,(H,34,37)(H,44,45)(H,46,47)(H,48,49,50)(H,51,52,53)(H,54,55,56)(H,57,58,59)(H,60,61,62)(H,63,64,65)(H,66,67,68)/t7-,8-,9-,10-,11-,12-,13-,14-,15-,16-,17-,18+,19-,20+,21-,22+,23+,24-,25+,26-,29+,30-,31-,32-,33-/m1/s1. The predicted molar refractivity (Wildman–Crippen MR) is 261 cm³/mol. The number of carbonyl (C=O) groups excluding carboxylic acids is 1. The molecule has 5 heterocycles. The van der Waals surface area contributed by atoms with Gasteiger partial charge < -0.3 is 93.5 Å². The fraction of sp³-hybridized carbons (Fsp3) is 0.909. The lowest BCUT2D eigenvalue weighted by Gasteiger charge is -2.50. The fourth-order valence-electron chi connectivity index (χ4n) is 9.06. The minimum atomic E-state index is -6.15. The number of nitrogens with one attached hydrogen (secondary N) is 3. The van der Waals surface area contributed by atoms with E-state index in [2.05, 4.69) is 20.9 Å². The van der Waals surface area contributed by atoms with Crippen molar-refractivity contribution >= 4 is 90.8 Å². The van der Waals surface area contributed by atoms with Crippen molar-refractivity contribution in [1.82, 2.24) is 15.4 Å². The Labute approximate surface area is 504 Å². The normalized spacial score (nSPS) is 38.7. The maximum Gasteiger partial charge on any atom is 0.397 e. The molecule has 57 heteroatoms. The van der Waals surface area contributed by atoms with Crippen molar-refractivity contribution in [3.05, 3.63) is 0 Å². The molecule has 0 bridgehead atoms. The summed E-state index contributed by atoms with van der Waals surface area (Å²) in [6, 6.07) is -7.22. The van der Waals surface area contributed by atoms with Gasteiger partial charge in [-0.05, 0) is 0 Å². The summed E-state index contributed by atoms with van der Waals surface area (Å²) in [6.07, 6.45) is -60.5. The second-order valence-electron chi connectivity index (χ2n) is 18.7. The highest BCUT2D eigenvalue weighted by Crippen LogP contribution is 2.38. The van der Waals surface area contributed by atoms with E-state index in [1.807, 2.05) is 5.32 Å². The molecule has 0 aromatic carbocycles. The smallest absolute Gasteiger partial charge is 0.397 e. The van der Waals surface area contributed by atoms with Gasteiger partial charge in [0, 0.05) is 7.11 Å². The van der Waals surface area contributed by atoms with E-state index in [9.17, 15) is 141 Å². The second-order valence-corrected chi connectivity index (χ2v) is 26.7. The van der Waals surface area contributed by atoms with Crippen LogP contribution in [0.25, 0.3) is 0 Å². The molecule has 5 aliphatic rings. The minimum absolute atomic E-state index is 0.440. The van der Waals surface area contributed by atoms with Gasteiger partial charge in [-0.25, -0.2) is 30.5 Å². The highest BCUT2D eigenvalue weighted by molar-refractivity contribution is 7.85. The largest absolute Gasteiger partial charge is 0.479 e. The molecule has 0 saturated carbocycles. The Morgan fingerprint density at radius 2 is 0.856 bits per heavy atom. The summed E-state index contributed by atoms with van der Waals surface area (Å²) in [5.74, 6) is -6.25. The number of carboxylic acid groups (broad SMARTS) is 2. The van der Waals surface area contributed by atoms with Gasteiger partial charge in [0.15, 0.2) is 49.8 Å². The molecule has 0 unspecified atom stereocenters. The van der Waals surface area contributed by atoms with Gasteiger partial charge >= 0.3 is 74.2 Å². The van der Waals surface area contributed by atoms with Crippen LogP contribution in [-0.4, -0.2) is 336 Å². The van der Waals surface area contributed by atoms with Crippen LogP contribution in [0.15, 0.2) is 0 Å². The van der Waals surface area contributed by atoms with Crippen LogP contribution in [0.1, 0.15) is 0 Å². The first kappa shape index (κ1) is 77.6. The Morgan fingerprint density at radius 1 is 0.433 bits per heavy atom. The molecule has 5 saturated heterocycles. The van der Waals surface area contributed by atoms with Crippen molar-refractivity contribution in [1.29, 1.82) is 0 Å². The Morgan fingerprint density at radius 3 is 1.31 bits per heavy atom. The van der Waals surface area contributed by atoms with Gasteiger partial charge in [-0.1, -0.05) is 0 Å². The fourth-order valence-corrected chi connectivity index (χ4v) is 12.0. The van der Waals surface area contributed by atoms with Crippen molar-refractivity contribution in [2.24, 2.45) is 0 Å². The van der Waals surface area contributed by atoms with E-state index in [-0.39, 0.29) is 0 Å². The Hall–Kier alpha value is -3.14. The summed E-state index contributed by atoms with van der Waals surface area (Å²) < 4.78 is 310. The number of aliphatic hydroxyl groups excluding tert-OH is 6. The number of aliphatic carboxylic acids is 2. The van der Waals surface area contributed by atoms with Crippen LogP contribution in [0, 0.1) is 0 Å². The zero-order valence-electron chi connectivity index (χ0n) is 44.0. The number of hydrogen-bond donors (Lipinski definition) is 18. The first-order valence-electron chi connectivity index (χ1n) is 23.8. The molecule has 90 heavy (non-hydrogen) atoms. The Bertz CT molecular complexity index is 3310.